The Balaban J connectivity index is 2.01. The van der Waals surface area contributed by atoms with Gasteiger partial charge in [-0.1, -0.05) is 24.3 Å². The number of aliphatic carboxylic acids is 1. The first-order chi connectivity index (χ1) is 10.1. The zero-order valence-corrected chi connectivity index (χ0v) is 11.6. The van der Waals surface area contributed by atoms with E-state index in [1.807, 2.05) is 18.2 Å². The summed E-state index contributed by atoms with van der Waals surface area (Å²) < 4.78 is 0. The number of carboxylic acid groups (broad SMARTS) is 1. The standard InChI is InChI=1S/C16H18N2O3/c1-2-6-14(15(19)20)18-16(21)17-13-10-5-8-11-7-3-4-9-12(11)13/h1,3-4,7,9,13-14H,5-6,8,10H2,(H,19,20)(H2,17,18,21). The molecule has 1 aromatic carbocycles. The summed E-state index contributed by atoms with van der Waals surface area (Å²) in [6.07, 6.45) is 7.91. The number of nitrogens with one attached hydrogen (secondary N) is 2. The van der Waals surface area contributed by atoms with Gasteiger partial charge in [0.2, 0.25) is 0 Å². The lowest BCUT2D eigenvalue weighted by Gasteiger charge is -2.27. The van der Waals surface area contributed by atoms with Crippen LogP contribution in [0.4, 0.5) is 4.79 Å². The Bertz CT molecular complexity index is 577. The lowest BCUT2D eigenvalue weighted by Crippen LogP contribution is -2.47. The van der Waals surface area contributed by atoms with Crippen LogP contribution in [0.25, 0.3) is 0 Å². The molecule has 2 atom stereocenters. The lowest BCUT2D eigenvalue weighted by molar-refractivity contribution is -0.139. The summed E-state index contributed by atoms with van der Waals surface area (Å²) in [6.45, 7) is 0. The Hall–Kier alpha value is -2.48. The predicted molar refractivity (Wildman–Crippen MR) is 78.7 cm³/mol. The topological polar surface area (TPSA) is 78.4 Å². The van der Waals surface area contributed by atoms with Crippen LogP contribution in [-0.4, -0.2) is 23.1 Å². The predicted octanol–water partition coefficient (Wildman–Crippen LogP) is 1.84. The number of urea groups is 1. The Labute approximate surface area is 123 Å². The number of terminal acetylenes is 1. The largest absolute Gasteiger partial charge is 0.480 e. The average molecular weight is 286 g/mol. The molecule has 1 aliphatic rings. The van der Waals surface area contributed by atoms with Gasteiger partial charge in [-0.2, -0.15) is 0 Å². The van der Waals surface area contributed by atoms with Crippen LogP contribution in [0.5, 0.6) is 0 Å². The van der Waals surface area contributed by atoms with Gasteiger partial charge in [0, 0.05) is 6.42 Å². The van der Waals surface area contributed by atoms with Gasteiger partial charge in [-0.25, -0.2) is 9.59 Å². The molecular weight excluding hydrogens is 268 g/mol. The molecule has 0 aliphatic heterocycles. The Morgan fingerprint density at radius 1 is 1.43 bits per heavy atom. The van der Waals surface area contributed by atoms with Crippen molar-refractivity contribution >= 4 is 12.0 Å². The molecule has 5 nitrogen and oxygen atoms in total. The minimum absolute atomic E-state index is 0.0377. The quantitative estimate of drug-likeness (QED) is 0.739. The normalized spacial score (nSPS) is 18.0. The number of hydrogen-bond acceptors (Lipinski definition) is 2. The van der Waals surface area contributed by atoms with Gasteiger partial charge >= 0.3 is 12.0 Å². The maximum atomic E-state index is 12.0. The van der Waals surface area contributed by atoms with E-state index in [4.69, 9.17) is 11.5 Å². The highest BCUT2D eigenvalue weighted by Gasteiger charge is 2.24. The molecule has 0 spiro atoms. The van der Waals surface area contributed by atoms with Crippen molar-refractivity contribution in [3.05, 3.63) is 35.4 Å². The number of hydrogen-bond donors (Lipinski definition) is 3. The third-order valence-corrected chi connectivity index (χ3v) is 3.60. The molecule has 1 aromatic rings. The van der Waals surface area contributed by atoms with Gasteiger partial charge in [0.25, 0.3) is 0 Å². The highest BCUT2D eigenvalue weighted by Crippen LogP contribution is 2.29. The van der Waals surface area contributed by atoms with E-state index in [0.717, 1.165) is 24.8 Å². The van der Waals surface area contributed by atoms with Crippen LogP contribution in [-0.2, 0) is 11.2 Å². The van der Waals surface area contributed by atoms with Gasteiger partial charge in [0.05, 0.1) is 6.04 Å². The first-order valence-corrected chi connectivity index (χ1v) is 6.93. The second-order valence-corrected chi connectivity index (χ2v) is 5.06. The fourth-order valence-corrected chi connectivity index (χ4v) is 2.58. The van der Waals surface area contributed by atoms with Crippen LogP contribution in [0.2, 0.25) is 0 Å². The maximum absolute atomic E-state index is 12.0. The number of rotatable bonds is 4. The molecule has 0 heterocycles. The number of carbonyl (C=O) groups excluding carboxylic acids is 1. The van der Waals surface area contributed by atoms with E-state index in [9.17, 15) is 9.59 Å². The van der Waals surface area contributed by atoms with Gasteiger partial charge < -0.3 is 15.7 Å². The molecule has 0 saturated heterocycles. The second-order valence-electron chi connectivity index (χ2n) is 5.06. The van der Waals surface area contributed by atoms with Crippen molar-refractivity contribution in [2.75, 3.05) is 0 Å². The van der Waals surface area contributed by atoms with Crippen LogP contribution in [0.3, 0.4) is 0 Å². The van der Waals surface area contributed by atoms with Crippen LogP contribution in [0.15, 0.2) is 24.3 Å². The molecule has 5 heteroatoms. The summed E-state index contributed by atoms with van der Waals surface area (Å²) in [6, 6.07) is 6.32. The highest BCUT2D eigenvalue weighted by atomic mass is 16.4. The molecule has 0 saturated carbocycles. The van der Waals surface area contributed by atoms with E-state index < -0.39 is 18.0 Å². The van der Waals surface area contributed by atoms with E-state index in [2.05, 4.69) is 22.6 Å². The lowest BCUT2D eigenvalue weighted by atomic mass is 9.88. The SMILES string of the molecule is C#CCC(NC(=O)NC1CCCc2ccccc21)C(=O)O. The molecule has 110 valence electrons. The third-order valence-electron chi connectivity index (χ3n) is 3.60. The highest BCUT2D eigenvalue weighted by molar-refractivity contribution is 5.83. The van der Waals surface area contributed by atoms with Crippen molar-refractivity contribution in [3.63, 3.8) is 0 Å². The monoisotopic (exact) mass is 286 g/mol. The van der Waals surface area contributed by atoms with E-state index in [0.29, 0.717) is 0 Å². The molecule has 0 radical (unpaired) electrons. The van der Waals surface area contributed by atoms with Crippen molar-refractivity contribution in [3.8, 4) is 12.3 Å². The number of benzene rings is 1. The number of amides is 2. The maximum Gasteiger partial charge on any atom is 0.327 e. The third kappa shape index (κ3) is 3.76. The zero-order valence-electron chi connectivity index (χ0n) is 11.6. The van der Waals surface area contributed by atoms with Crippen LogP contribution in [0, 0.1) is 12.3 Å². The first kappa shape index (κ1) is 14.9. The smallest absolute Gasteiger partial charge is 0.327 e. The summed E-state index contributed by atoms with van der Waals surface area (Å²) in [5.41, 5.74) is 2.33. The van der Waals surface area contributed by atoms with Crippen molar-refractivity contribution in [1.29, 1.82) is 0 Å². The van der Waals surface area contributed by atoms with Gasteiger partial charge in [-0.15, -0.1) is 12.3 Å². The van der Waals surface area contributed by atoms with Crippen LogP contribution < -0.4 is 10.6 Å². The van der Waals surface area contributed by atoms with Gasteiger partial charge in [-0.05, 0) is 30.4 Å². The van der Waals surface area contributed by atoms with Gasteiger partial charge in [-0.3, -0.25) is 0 Å². The number of carbonyl (C=O) groups is 2. The molecule has 0 fully saturated rings. The molecule has 0 bridgehead atoms. The first-order valence-electron chi connectivity index (χ1n) is 6.93. The van der Waals surface area contributed by atoms with Crippen molar-refractivity contribution in [2.24, 2.45) is 0 Å². The molecule has 2 amide bonds. The zero-order chi connectivity index (χ0) is 15.2. The van der Waals surface area contributed by atoms with Gasteiger partial charge in [0.1, 0.15) is 6.04 Å². The number of fused-ring (bicyclic) bond motifs is 1. The van der Waals surface area contributed by atoms with E-state index in [1.165, 1.54) is 5.56 Å². The fourth-order valence-electron chi connectivity index (χ4n) is 2.58. The molecule has 2 unspecified atom stereocenters. The number of carboxylic acids is 1. The summed E-state index contributed by atoms with van der Waals surface area (Å²) in [5, 5.41) is 14.2. The molecule has 1 aliphatic carbocycles. The Morgan fingerprint density at radius 2 is 2.19 bits per heavy atom. The van der Waals surface area contributed by atoms with E-state index in [-0.39, 0.29) is 12.5 Å². The summed E-state index contributed by atoms with van der Waals surface area (Å²) in [7, 11) is 0. The van der Waals surface area contributed by atoms with Crippen molar-refractivity contribution in [1.82, 2.24) is 10.6 Å². The second kappa shape index (κ2) is 6.80. The fraction of sp³-hybridized carbons (Fsp3) is 0.375. The Kier molecular flexibility index (Phi) is 4.83. The molecular formula is C16H18N2O3. The van der Waals surface area contributed by atoms with Gasteiger partial charge in [0.15, 0.2) is 0 Å². The molecule has 0 aromatic heterocycles. The molecule has 2 rings (SSSR count). The Morgan fingerprint density at radius 3 is 2.90 bits per heavy atom. The minimum Gasteiger partial charge on any atom is -0.480 e. The molecule has 21 heavy (non-hydrogen) atoms. The van der Waals surface area contributed by atoms with Crippen LogP contribution >= 0.6 is 0 Å². The minimum atomic E-state index is -1.13. The molecule has 3 N–H and O–H groups in total. The van der Waals surface area contributed by atoms with E-state index >= 15 is 0 Å². The summed E-state index contributed by atoms with van der Waals surface area (Å²) in [5.74, 6) is 1.12. The number of aryl methyl sites for hydroxylation is 1. The summed E-state index contributed by atoms with van der Waals surface area (Å²) in [4.78, 5) is 22.9. The van der Waals surface area contributed by atoms with Crippen molar-refractivity contribution < 1.29 is 14.7 Å². The van der Waals surface area contributed by atoms with Crippen LogP contribution in [0.1, 0.15) is 36.4 Å². The average Bonchev–Trinajstić information content (AvgIpc) is 2.47. The van der Waals surface area contributed by atoms with E-state index in [1.54, 1.807) is 0 Å². The summed E-state index contributed by atoms with van der Waals surface area (Å²) >= 11 is 0. The van der Waals surface area contributed by atoms with Crippen molar-refractivity contribution in [2.45, 2.75) is 37.8 Å².